The van der Waals surface area contributed by atoms with Crippen LogP contribution in [-0.4, -0.2) is 47.4 Å². The summed E-state index contributed by atoms with van der Waals surface area (Å²) in [6.45, 7) is 6.61. The fraction of sp³-hybridized carbons (Fsp3) is 0.519. The Labute approximate surface area is 204 Å². The van der Waals surface area contributed by atoms with Crippen molar-refractivity contribution in [3.8, 4) is 0 Å². The SMILES string of the molecule is CCc1cc(N2CCCc3cc(C(=O)N4CCCC(C(F)(F)F)C4)cnc32)ccc1C(=O)C(C)C. The zero-order chi connectivity index (χ0) is 25.3. The van der Waals surface area contributed by atoms with Crippen LogP contribution in [0.1, 0.15) is 71.9 Å². The number of hydrogen-bond acceptors (Lipinski definition) is 4. The van der Waals surface area contributed by atoms with Crippen molar-refractivity contribution in [1.29, 1.82) is 0 Å². The molecule has 0 bridgehead atoms. The minimum Gasteiger partial charge on any atom is -0.338 e. The number of carbonyl (C=O) groups excluding carboxylic acids is 2. The fourth-order valence-corrected chi connectivity index (χ4v) is 5.04. The second-order valence-electron chi connectivity index (χ2n) is 9.81. The summed E-state index contributed by atoms with van der Waals surface area (Å²) < 4.78 is 39.6. The van der Waals surface area contributed by atoms with E-state index in [1.165, 1.54) is 11.1 Å². The van der Waals surface area contributed by atoms with Crippen molar-refractivity contribution in [1.82, 2.24) is 9.88 Å². The Balaban J connectivity index is 1.59. The van der Waals surface area contributed by atoms with Gasteiger partial charge in [0.15, 0.2) is 5.78 Å². The summed E-state index contributed by atoms with van der Waals surface area (Å²) >= 11 is 0. The van der Waals surface area contributed by atoms with E-state index in [4.69, 9.17) is 0 Å². The lowest BCUT2D eigenvalue weighted by atomic mass is 9.94. The molecule has 0 radical (unpaired) electrons. The molecule has 8 heteroatoms. The van der Waals surface area contributed by atoms with E-state index in [1.54, 1.807) is 6.07 Å². The molecular weight excluding hydrogens is 455 g/mol. The van der Waals surface area contributed by atoms with Gasteiger partial charge in [0, 0.05) is 43.0 Å². The molecule has 35 heavy (non-hydrogen) atoms. The molecule has 1 aromatic carbocycles. The number of halogens is 3. The number of aromatic nitrogens is 1. The van der Waals surface area contributed by atoms with E-state index in [-0.39, 0.29) is 24.7 Å². The first-order valence-corrected chi connectivity index (χ1v) is 12.4. The third-order valence-electron chi connectivity index (χ3n) is 7.02. The van der Waals surface area contributed by atoms with Gasteiger partial charge in [-0.1, -0.05) is 20.8 Å². The van der Waals surface area contributed by atoms with Crippen molar-refractivity contribution in [2.24, 2.45) is 11.8 Å². The average molecular weight is 488 g/mol. The van der Waals surface area contributed by atoms with Gasteiger partial charge in [0.25, 0.3) is 5.91 Å². The smallest absolute Gasteiger partial charge is 0.338 e. The van der Waals surface area contributed by atoms with Crippen LogP contribution in [0.2, 0.25) is 0 Å². The molecule has 2 aromatic rings. The van der Waals surface area contributed by atoms with E-state index in [9.17, 15) is 22.8 Å². The summed E-state index contributed by atoms with van der Waals surface area (Å²) in [6, 6.07) is 7.65. The van der Waals surface area contributed by atoms with Crippen LogP contribution in [0.25, 0.3) is 0 Å². The van der Waals surface area contributed by atoms with Crippen molar-refractivity contribution in [3.05, 3.63) is 52.7 Å². The van der Waals surface area contributed by atoms with Crippen LogP contribution < -0.4 is 4.90 Å². The van der Waals surface area contributed by atoms with Crippen LogP contribution in [0, 0.1) is 11.8 Å². The number of ketones is 1. The molecule has 188 valence electrons. The van der Waals surface area contributed by atoms with Gasteiger partial charge < -0.3 is 9.80 Å². The van der Waals surface area contributed by atoms with Crippen molar-refractivity contribution >= 4 is 23.2 Å². The largest absolute Gasteiger partial charge is 0.393 e. The lowest BCUT2D eigenvalue weighted by Gasteiger charge is -2.34. The maximum Gasteiger partial charge on any atom is 0.393 e. The van der Waals surface area contributed by atoms with Crippen LogP contribution in [0.4, 0.5) is 24.7 Å². The van der Waals surface area contributed by atoms with Crippen molar-refractivity contribution in [3.63, 3.8) is 0 Å². The minimum atomic E-state index is -4.29. The number of piperidine rings is 1. The highest BCUT2D eigenvalue weighted by molar-refractivity contribution is 5.99. The second-order valence-corrected chi connectivity index (χ2v) is 9.81. The Morgan fingerprint density at radius 2 is 1.91 bits per heavy atom. The number of rotatable bonds is 5. The van der Waals surface area contributed by atoms with Crippen molar-refractivity contribution in [2.75, 3.05) is 24.5 Å². The molecule has 1 aromatic heterocycles. The number of alkyl halides is 3. The molecule has 2 aliphatic rings. The first-order chi connectivity index (χ1) is 16.6. The number of Topliss-reactive ketones (excluding diaryl/α,β-unsaturated/α-hetero) is 1. The molecule has 0 N–H and O–H groups in total. The lowest BCUT2D eigenvalue weighted by molar-refractivity contribution is -0.184. The number of hydrogen-bond donors (Lipinski definition) is 0. The average Bonchev–Trinajstić information content (AvgIpc) is 2.86. The number of anilines is 2. The first-order valence-electron chi connectivity index (χ1n) is 12.4. The molecule has 0 spiro atoms. The highest BCUT2D eigenvalue weighted by Gasteiger charge is 2.42. The molecule has 1 saturated heterocycles. The van der Waals surface area contributed by atoms with Gasteiger partial charge in [-0.25, -0.2) is 4.98 Å². The zero-order valence-electron chi connectivity index (χ0n) is 20.5. The van der Waals surface area contributed by atoms with Gasteiger partial charge in [-0.05, 0) is 67.5 Å². The van der Waals surface area contributed by atoms with Crippen LogP contribution in [0.15, 0.2) is 30.5 Å². The summed E-state index contributed by atoms with van der Waals surface area (Å²) in [6.07, 6.45) is -0.0641. The molecule has 1 amide bonds. The normalized spacial score (nSPS) is 18.5. The Morgan fingerprint density at radius 3 is 2.60 bits per heavy atom. The molecule has 0 saturated carbocycles. The quantitative estimate of drug-likeness (QED) is 0.487. The molecule has 4 rings (SSSR count). The number of fused-ring (bicyclic) bond motifs is 1. The van der Waals surface area contributed by atoms with Gasteiger partial charge in [-0.3, -0.25) is 9.59 Å². The van der Waals surface area contributed by atoms with E-state index in [0.29, 0.717) is 18.5 Å². The van der Waals surface area contributed by atoms with Crippen LogP contribution >= 0.6 is 0 Å². The molecule has 5 nitrogen and oxygen atoms in total. The van der Waals surface area contributed by atoms with Gasteiger partial charge in [0.2, 0.25) is 0 Å². The van der Waals surface area contributed by atoms with Gasteiger partial charge in [-0.2, -0.15) is 13.2 Å². The Hall–Kier alpha value is -2.90. The number of likely N-dealkylation sites (tertiary alicyclic amines) is 1. The van der Waals surface area contributed by atoms with Crippen LogP contribution in [0.5, 0.6) is 0 Å². The van der Waals surface area contributed by atoms with E-state index < -0.39 is 18.0 Å². The van der Waals surface area contributed by atoms with Gasteiger partial charge in [0.05, 0.1) is 11.5 Å². The van der Waals surface area contributed by atoms with Gasteiger partial charge in [0.1, 0.15) is 5.82 Å². The number of aryl methyl sites for hydroxylation is 2. The maximum atomic E-state index is 13.2. The lowest BCUT2D eigenvalue weighted by Crippen LogP contribution is -2.44. The van der Waals surface area contributed by atoms with Crippen LogP contribution in [-0.2, 0) is 12.8 Å². The highest BCUT2D eigenvalue weighted by Crippen LogP contribution is 2.36. The summed E-state index contributed by atoms with van der Waals surface area (Å²) in [4.78, 5) is 33.6. The zero-order valence-corrected chi connectivity index (χ0v) is 20.5. The third kappa shape index (κ3) is 5.21. The fourth-order valence-electron chi connectivity index (χ4n) is 5.04. The van der Waals surface area contributed by atoms with E-state index in [0.717, 1.165) is 54.0 Å². The topological polar surface area (TPSA) is 53.5 Å². The minimum absolute atomic E-state index is 0.0615. The Bertz CT molecular complexity index is 1110. The molecule has 2 aliphatic heterocycles. The molecule has 1 atom stereocenters. The monoisotopic (exact) mass is 487 g/mol. The predicted octanol–water partition coefficient (Wildman–Crippen LogP) is 5.98. The molecule has 0 aliphatic carbocycles. The number of benzene rings is 1. The Morgan fingerprint density at radius 1 is 1.14 bits per heavy atom. The second kappa shape index (κ2) is 9.99. The number of pyridine rings is 1. The van der Waals surface area contributed by atoms with E-state index in [2.05, 4.69) is 9.88 Å². The number of carbonyl (C=O) groups is 2. The summed E-state index contributed by atoms with van der Waals surface area (Å²) in [5, 5.41) is 0. The Kier molecular flexibility index (Phi) is 7.20. The van der Waals surface area contributed by atoms with E-state index in [1.807, 2.05) is 39.0 Å². The van der Waals surface area contributed by atoms with Crippen LogP contribution in [0.3, 0.4) is 0 Å². The summed E-state index contributed by atoms with van der Waals surface area (Å²) in [5.41, 5.74) is 3.92. The molecule has 3 heterocycles. The van der Waals surface area contributed by atoms with E-state index >= 15 is 0 Å². The number of nitrogens with zero attached hydrogens (tertiary/aromatic N) is 3. The molecule has 1 fully saturated rings. The van der Waals surface area contributed by atoms with Gasteiger partial charge >= 0.3 is 6.18 Å². The first kappa shape index (κ1) is 25.2. The van der Waals surface area contributed by atoms with Crippen molar-refractivity contribution < 1.29 is 22.8 Å². The molecule has 1 unspecified atom stereocenters. The number of amides is 1. The predicted molar refractivity (Wildman–Crippen MR) is 129 cm³/mol. The highest BCUT2D eigenvalue weighted by atomic mass is 19.4. The molecular formula is C27H32F3N3O2. The summed E-state index contributed by atoms with van der Waals surface area (Å²) in [5.74, 6) is -1.06. The van der Waals surface area contributed by atoms with Crippen molar-refractivity contribution in [2.45, 2.75) is 59.1 Å². The van der Waals surface area contributed by atoms with Gasteiger partial charge in [-0.15, -0.1) is 0 Å². The standard InChI is InChI=1S/C27H32F3N3O2/c1-4-18-14-22(9-10-23(18)24(34)17(2)3)33-12-5-7-19-13-20(15-31-25(19)33)26(35)32-11-6-8-21(16-32)27(28,29)30/h9-10,13-15,17,21H,4-8,11-12,16H2,1-3H3. The maximum absolute atomic E-state index is 13.2. The third-order valence-corrected chi connectivity index (χ3v) is 7.02. The summed E-state index contributed by atoms with van der Waals surface area (Å²) in [7, 11) is 0.